The van der Waals surface area contributed by atoms with Crippen molar-refractivity contribution in [3.05, 3.63) is 23.8 Å². The number of benzene rings is 1. The first kappa shape index (κ1) is 15.3. The van der Waals surface area contributed by atoms with Crippen molar-refractivity contribution in [1.29, 1.82) is 0 Å². The fraction of sp³-hybridized carbons (Fsp3) is 0.533. The largest absolute Gasteiger partial charge is 0.492 e. The summed E-state index contributed by atoms with van der Waals surface area (Å²) in [7, 11) is 0. The second-order valence-electron chi connectivity index (χ2n) is 4.92. The van der Waals surface area contributed by atoms with E-state index in [-0.39, 0.29) is 5.91 Å². The number of rotatable bonds is 6. The zero-order chi connectivity index (χ0) is 14.4. The van der Waals surface area contributed by atoms with Gasteiger partial charge >= 0.3 is 0 Å². The SMILES string of the molecule is CCOc1ccc(C(=O)N(CC)CC(C)C)cc1N. The molecule has 0 saturated heterocycles. The molecule has 0 aromatic heterocycles. The van der Waals surface area contributed by atoms with E-state index < -0.39 is 0 Å². The molecule has 1 rings (SSSR count). The summed E-state index contributed by atoms with van der Waals surface area (Å²) in [6.07, 6.45) is 0. The van der Waals surface area contributed by atoms with Crippen molar-refractivity contribution in [1.82, 2.24) is 4.90 Å². The maximum Gasteiger partial charge on any atom is 0.253 e. The van der Waals surface area contributed by atoms with Gasteiger partial charge in [-0.25, -0.2) is 0 Å². The zero-order valence-corrected chi connectivity index (χ0v) is 12.3. The van der Waals surface area contributed by atoms with Gasteiger partial charge < -0.3 is 15.4 Å². The second-order valence-corrected chi connectivity index (χ2v) is 4.92. The molecule has 0 atom stereocenters. The van der Waals surface area contributed by atoms with Crippen LogP contribution in [0.1, 0.15) is 38.1 Å². The predicted molar refractivity (Wildman–Crippen MR) is 78.4 cm³/mol. The molecule has 0 aliphatic carbocycles. The monoisotopic (exact) mass is 264 g/mol. The minimum atomic E-state index is 0.0194. The lowest BCUT2D eigenvalue weighted by Crippen LogP contribution is -2.34. The minimum Gasteiger partial charge on any atom is -0.492 e. The number of carbonyl (C=O) groups excluding carboxylic acids is 1. The number of nitrogens with two attached hydrogens (primary N) is 1. The van der Waals surface area contributed by atoms with E-state index >= 15 is 0 Å². The van der Waals surface area contributed by atoms with E-state index in [4.69, 9.17) is 10.5 Å². The van der Waals surface area contributed by atoms with E-state index in [0.29, 0.717) is 36.1 Å². The minimum absolute atomic E-state index is 0.0194. The van der Waals surface area contributed by atoms with Gasteiger partial charge in [0.25, 0.3) is 5.91 Å². The Balaban J connectivity index is 2.89. The van der Waals surface area contributed by atoms with Gasteiger partial charge in [0.05, 0.1) is 12.3 Å². The van der Waals surface area contributed by atoms with E-state index in [0.717, 1.165) is 6.54 Å². The molecule has 1 aromatic carbocycles. The summed E-state index contributed by atoms with van der Waals surface area (Å²) in [5.41, 5.74) is 7.01. The summed E-state index contributed by atoms with van der Waals surface area (Å²) in [5.74, 6) is 1.10. The van der Waals surface area contributed by atoms with Crippen molar-refractivity contribution in [2.75, 3.05) is 25.4 Å². The highest BCUT2D eigenvalue weighted by atomic mass is 16.5. The van der Waals surface area contributed by atoms with Gasteiger partial charge in [-0.2, -0.15) is 0 Å². The topological polar surface area (TPSA) is 55.6 Å². The van der Waals surface area contributed by atoms with Crippen molar-refractivity contribution in [2.45, 2.75) is 27.7 Å². The molecular weight excluding hydrogens is 240 g/mol. The second kappa shape index (κ2) is 7.02. The van der Waals surface area contributed by atoms with Crippen LogP contribution in [-0.2, 0) is 0 Å². The van der Waals surface area contributed by atoms with Crippen LogP contribution in [0.4, 0.5) is 5.69 Å². The molecule has 0 radical (unpaired) electrons. The molecule has 0 aliphatic rings. The van der Waals surface area contributed by atoms with Gasteiger partial charge in [-0.15, -0.1) is 0 Å². The van der Waals surface area contributed by atoms with Crippen LogP contribution in [0.25, 0.3) is 0 Å². The van der Waals surface area contributed by atoms with Gasteiger partial charge in [0, 0.05) is 18.7 Å². The van der Waals surface area contributed by atoms with Gasteiger partial charge in [-0.05, 0) is 38.0 Å². The Morgan fingerprint density at radius 1 is 1.37 bits per heavy atom. The maximum atomic E-state index is 12.4. The molecule has 0 fully saturated rings. The van der Waals surface area contributed by atoms with Crippen LogP contribution in [-0.4, -0.2) is 30.5 Å². The Hall–Kier alpha value is -1.71. The third-order valence-electron chi connectivity index (χ3n) is 2.81. The Kier molecular flexibility index (Phi) is 5.67. The summed E-state index contributed by atoms with van der Waals surface area (Å²) < 4.78 is 5.37. The number of hydrogen-bond donors (Lipinski definition) is 1. The van der Waals surface area contributed by atoms with E-state index in [1.165, 1.54) is 0 Å². The highest BCUT2D eigenvalue weighted by molar-refractivity contribution is 5.95. The van der Waals surface area contributed by atoms with Crippen LogP contribution >= 0.6 is 0 Å². The first-order valence-corrected chi connectivity index (χ1v) is 6.81. The molecule has 1 aromatic rings. The lowest BCUT2D eigenvalue weighted by atomic mass is 10.1. The maximum absolute atomic E-state index is 12.4. The van der Waals surface area contributed by atoms with Crippen LogP contribution < -0.4 is 10.5 Å². The molecule has 1 amide bonds. The fourth-order valence-electron chi connectivity index (χ4n) is 1.95. The number of hydrogen-bond acceptors (Lipinski definition) is 3. The van der Waals surface area contributed by atoms with Crippen molar-refractivity contribution in [3.8, 4) is 5.75 Å². The van der Waals surface area contributed by atoms with Crippen molar-refractivity contribution in [3.63, 3.8) is 0 Å². The van der Waals surface area contributed by atoms with E-state index in [1.807, 2.05) is 18.7 Å². The van der Waals surface area contributed by atoms with E-state index in [9.17, 15) is 4.79 Å². The van der Waals surface area contributed by atoms with Gasteiger partial charge in [-0.1, -0.05) is 13.8 Å². The molecule has 0 spiro atoms. The average molecular weight is 264 g/mol. The summed E-state index contributed by atoms with van der Waals surface area (Å²) in [4.78, 5) is 14.2. The summed E-state index contributed by atoms with van der Waals surface area (Å²) >= 11 is 0. The molecule has 106 valence electrons. The quantitative estimate of drug-likeness (QED) is 0.804. The number of ether oxygens (including phenoxy) is 1. The molecule has 19 heavy (non-hydrogen) atoms. The number of nitrogen functional groups attached to an aromatic ring is 1. The molecule has 0 bridgehead atoms. The van der Waals surface area contributed by atoms with Crippen molar-refractivity contribution >= 4 is 11.6 Å². The van der Waals surface area contributed by atoms with E-state index in [2.05, 4.69) is 13.8 Å². The Morgan fingerprint density at radius 2 is 2.05 bits per heavy atom. The number of amides is 1. The van der Waals surface area contributed by atoms with Crippen LogP contribution in [0.2, 0.25) is 0 Å². The third-order valence-corrected chi connectivity index (χ3v) is 2.81. The number of anilines is 1. The van der Waals surface area contributed by atoms with Crippen LogP contribution in [0.15, 0.2) is 18.2 Å². The van der Waals surface area contributed by atoms with Crippen LogP contribution in [0.3, 0.4) is 0 Å². The molecule has 0 aliphatic heterocycles. The molecule has 4 nitrogen and oxygen atoms in total. The molecule has 2 N–H and O–H groups in total. The predicted octanol–water partition coefficient (Wildman–Crippen LogP) is 2.79. The van der Waals surface area contributed by atoms with Crippen LogP contribution in [0, 0.1) is 5.92 Å². The molecule has 0 heterocycles. The number of carbonyl (C=O) groups is 1. The zero-order valence-electron chi connectivity index (χ0n) is 12.3. The summed E-state index contributed by atoms with van der Waals surface area (Å²) in [5, 5.41) is 0. The average Bonchev–Trinajstić information content (AvgIpc) is 2.37. The van der Waals surface area contributed by atoms with Crippen molar-refractivity contribution < 1.29 is 9.53 Å². The number of nitrogens with zero attached hydrogens (tertiary/aromatic N) is 1. The van der Waals surface area contributed by atoms with Gasteiger partial charge in [0.1, 0.15) is 5.75 Å². The smallest absolute Gasteiger partial charge is 0.253 e. The van der Waals surface area contributed by atoms with E-state index in [1.54, 1.807) is 18.2 Å². The highest BCUT2D eigenvalue weighted by Crippen LogP contribution is 2.23. The van der Waals surface area contributed by atoms with Gasteiger partial charge in [-0.3, -0.25) is 4.79 Å². The standard InChI is InChI=1S/C15H24N2O2/c1-5-17(10-11(3)4)15(18)12-7-8-14(19-6-2)13(16)9-12/h7-9,11H,5-6,10,16H2,1-4H3. The normalized spacial score (nSPS) is 10.6. The first-order chi connectivity index (χ1) is 8.99. The molecular formula is C15H24N2O2. The molecule has 4 heteroatoms. The molecule has 0 saturated carbocycles. The first-order valence-electron chi connectivity index (χ1n) is 6.81. The fourth-order valence-corrected chi connectivity index (χ4v) is 1.95. The molecule has 0 unspecified atom stereocenters. The highest BCUT2D eigenvalue weighted by Gasteiger charge is 2.16. The Bertz CT molecular complexity index is 430. The lowest BCUT2D eigenvalue weighted by molar-refractivity contribution is 0.0746. The van der Waals surface area contributed by atoms with Crippen molar-refractivity contribution in [2.24, 2.45) is 5.92 Å². The summed E-state index contributed by atoms with van der Waals surface area (Å²) in [6.45, 7) is 10.1. The van der Waals surface area contributed by atoms with Gasteiger partial charge in [0.15, 0.2) is 0 Å². The third kappa shape index (κ3) is 4.16. The Labute approximate surface area is 115 Å². The lowest BCUT2D eigenvalue weighted by Gasteiger charge is -2.23. The van der Waals surface area contributed by atoms with Crippen LogP contribution in [0.5, 0.6) is 5.75 Å². The van der Waals surface area contributed by atoms with Gasteiger partial charge in [0.2, 0.25) is 0 Å². The Morgan fingerprint density at radius 3 is 2.53 bits per heavy atom. The summed E-state index contributed by atoms with van der Waals surface area (Å²) in [6, 6.07) is 5.22.